The van der Waals surface area contributed by atoms with Crippen molar-refractivity contribution in [3.8, 4) is 0 Å². The number of rotatable bonds is 5. The molecule has 2 fully saturated rings. The minimum atomic E-state index is -0.524. The lowest BCUT2D eigenvalue weighted by Crippen LogP contribution is -2.62. The molecule has 1 atom stereocenters. The van der Waals surface area contributed by atoms with Gasteiger partial charge in [-0.15, -0.1) is 0 Å². The molecule has 0 spiro atoms. The highest BCUT2D eigenvalue weighted by Gasteiger charge is 2.34. The van der Waals surface area contributed by atoms with Gasteiger partial charge < -0.3 is 15.5 Å². The van der Waals surface area contributed by atoms with Crippen molar-refractivity contribution in [3.63, 3.8) is 0 Å². The van der Waals surface area contributed by atoms with Crippen LogP contribution in [0.4, 0.5) is 4.39 Å². The van der Waals surface area contributed by atoms with E-state index in [9.17, 15) is 14.0 Å². The van der Waals surface area contributed by atoms with Crippen LogP contribution in [0.5, 0.6) is 0 Å². The van der Waals surface area contributed by atoms with E-state index in [-0.39, 0.29) is 23.1 Å². The Kier molecular flexibility index (Phi) is 5.25. The summed E-state index contributed by atoms with van der Waals surface area (Å²) in [4.78, 5) is 26.5. The summed E-state index contributed by atoms with van der Waals surface area (Å²) in [6.07, 6.45) is 1.48. The number of amides is 1. The van der Waals surface area contributed by atoms with Crippen LogP contribution < -0.4 is 16.2 Å². The lowest BCUT2D eigenvalue weighted by Gasteiger charge is -2.41. The molecule has 2 saturated heterocycles. The Labute approximate surface area is 178 Å². The molecule has 1 aromatic heterocycles. The molecule has 2 aliphatic heterocycles. The average Bonchev–Trinajstić information content (AvgIpc) is 3.27. The number of benzene rings is 2. The van der Waals surface area contributed by atoms with Crippen molar-refractivity contribution < 1.29 is 9.18 Å². The van der Waals surface area contributed by atoms with Crippen LogP contribution in [0.15, 0.2) is 47.3 Å². The number of hydrogen-bond donors (Lipinski definition) is 3. The lowest BCUT2D eigenvalue weighted by atomic mass is 10.0. The van der Waals surface area contributed by atoms with Crippen molar-refractivity contribution in [3.05, 3.63) is 75.5 Å². The number of aromatic nitrogens is 2. The van der Waals surface area contributed by atoms with Gasteiger partial charge in [0.25, 0.3) is 11.5 Å². The van der Waals surface area contributed by atoms with Gasteiger partial charge in [-0.05, 0) is 36.7 Å². The molecule has 0 aliphatic carbocycles. The number of nitrogens with zero attached hydrogens (tertiary/aromatic N) is 2. The van der Waals surface area contributed by atoms with Gasteiger partial charge in [0.2, 0.25) is 0 Å². The Morgan fingerprint density at radius 3 is 2.74 bits per heavy atom. The highest BCUT2D eigenvalue weighted by atomic mass is 19.1. The van der Waals surface area contributed by atoms with Crippen molar-refractivity contribution in [1.82, 2.24) is 25.7 Å². The molecule has 1 amide bonds. The SMILES string of the molecule is O=C(c1cc(Cc2n[nH]c(=O)c3ccccc23)ccc1F)N1CC(N[C@H]2CCNC2)C1. The fraction of sp³-hybridized carbons (Fsp3) is 0.348. The molecule has 0 unspecified atom stereocenters. The van der Waals surface area contributed by atoms with Gasteiger partial charge >= 0.3 is 0 Å². The molecule has 160 valence electrons. The molecule has 5 rings (SSSR count). The van der Waals surface area contributed by atoms with Gasteiger partial charge in [-0.25, -0.2) is 9.49 Å². The molecule has 2 aliphatic rings. The van der Waals surface area contributed by atoms with Crippen molar-refractivity contribution >= 4 is 16.7 Å². The maximum absolute atomic E-state index is 14.5. The molecule has 0 bridgehead atoms. The molecule has 31 heavy (non-hydrogen) atoms. The number of hydrogen-bond acceptors (Lipinski definition) is 5. The van der Waals surface area contributed by atoms with E-state index in [4.69, 9.17) is 0 Å². The Balaban J connectivity index is 1.31. The molecule has 3 aromatic rings. The predicted molar refractivity (Wildman–Crippen MR) is 116 cm³/mol. The lowest BCUT2D eigenvalue weighted by molar-refractivity contribution is 0.0550. The first-order chi connectivity index (χ1) is 15.1. The molecule has 8 heteroatoms. The number of H-pyrrole nitrogens is 1. The van der Waals surface area contributed by atoms with Crippen molar-refractivity contribution in [1.29, 1.82) is 0 Å². The topological polar surface area (TPSA) is 90.1 Å². The minimum Gasteiger partial charge on any atom is -0.335 e. The van der Waals surface area contributed by atoms with Gasteiger partial charge in [-0.3, -0.25) is 9.59 Å². The second-order valence-electron chi connectivity index (χ2n) is 8.30. The van der Waals surface area contributed by atoms with Gasteiger partial charge in [0, 0.05) is 43.5 Å². The van der Waals surface area contributed by atoms with Gasteiger partial charge in [0.05, 0.1) is 16.6 Å². The number of carbonyl (C=O) groups excluding carboxylic acids is 1. The maximum atomic E-state index is 14.5. The van der Waals surface area contributed by atoms with Crippen LogP contribution in [0.25, 0.3) is 10.8 Å². The van der Waals surface area contributed by atoms with Gasteiger partial charge in [0.1, 0.15) is 5.82 Å². The summed E-state index contributed by atoms with van der Waals surface area (Å²) < 4.78 is 14.5. The zero-order valence-corrected chi connectivity index (χ0v) is 17.0. The maximum Gasteiger partial charge on any atom is 0.272 e. The van der Waals surface area contributed by atoms with Crippen LogP contribution in [0.2, 0.25) is 0 Å². The number of nitrogens with one attached hydrogen (secondary N) is 3. The summed E-state index contributed by atoms with van der Waals surface area (Å²) >= 11 is 0. The highest BCUT2D eigenvalue weighted by Crippen LogP contribution is 2.21. The molecule has 2 aromatic carbocycles. The fourth-order valence-corrected chi connectivity index (χ4v) is 4.40. The molecule has 0 saturated carbocycles. The molecule has 7 nitrogen and oxygen atoms in total. The first-order valence-electron chi connectivity index (χ1n) is 10.6. The van der Waals surface area contributed by atoms with Crippen molar-refractivity contribution in [2.24, 2.45) is 0 Å². The summed E-state index contributed by atoms with van der Waals surface area (Å²) in [6, 6.07) is 12.5. The van der Waals surface area contributed by atoms with E-state index in [0.717, 1.165) is 30.5 Å². The molecule has 3 heterocycles. The third kappa shape index (κ3) is 3.96. The predicted octanol–water partition coefficient (Wildman–Crippen LogP) is 1.43. The third-order valence-electron chi connectivity index (χ3n) is 6.11. The Morgan fingerprint density at radius 1 is 1.16 bits per heavy atom. The van der Waals surface area contributed by atoms with E-state index < -0.39 is 5.82 Å². The standard InChI is InChI=1S/C23H24FN5O2/c24-20-6-5-14(10-21-17-3-1-2-4-18(17)22(30)28-27-21)9-19(20)23(31)29-12-16(13-29)26-15-7-8-25-11-15/h1-6,9,15-16,25-26H,7-8,10-13H2,(H,28,30)/t15-/m0/s1. The van der Waals surface area contributed by atoms with E-state index in [1.165, 1.54) is 6.07 Å². The van der Waals surface area contributed by atoms with Crippen LogP contribution in [0.1, 0.15) is 28.0 Å². The third-order valence-corrected chi connectivity index (χ3v) is 6.11. The number of fused-ring (bicyclic) bond motifs is 1. The number of carbonyl (C=O) groups is 1. The van der Waals surface area contributed by atoms with Gasteiger partial charge in [0.15, 0.2) is 0 Å². The monoisotopic (exact) mass is 421 g/mol. The molecular formula is C23H24FN5O2. The zero-order valence-electron chi connectivity index (χ0n) is 17.0. The summed E-state index contributed by atoms with van der Waals surface area (Å²) in [5, 5.41) is 14.9. The van der Waals surface area contributed by atoms with Crippen molar-refractivity contribution in [2.75, 3.05) is 26.2 Å². The first kappa shape index (κ1) is 19.8. The van der Waals surface area contributed by atoms with Crippen LogP contribution in [0.3, 0.4) is 0 Å². The second-order valence-corrected chi connectivity index (χ2v) is 8.30. The van der Waals surface area contributed by atoms with Crippen LogP contribution in [0, 0.1) is 5.82 Å². The summed E-state index contributed by atoms with van der Waals surface area (Å²) in [5.41, 5.74) is 1.27. The number of aromatic amines is 1. The minimum absolute atomic E-state index is 0.0761. The van der Waals surface area contributed by atoms with Gasteiger partial charge in [-0.2, -0.15) is 5.10 Å². The second kappa shape index (κ2) is 8.20. The Bertz CT molecular complexity index is 1180. The summed E-state index contributed by atoms with van der Waals surface area (Å²) in [5.74, 6) is -0.814. The normalized spacial score (nSPS) is 19.0. The van der Waals surface area contributed by atoms with Gasteiger partial charge in [-0.1, -0.05) is 24.3 Å². The van der Waals surface area contributed by atoms with Crippen LogP contribution >= 0.6 is 0 Å². The molecular weight excluding hydrogens is 397 g/mol. The Hall–Kier alpha value is -3.10. The quantitative estimate of drug-likeness (QED) is 0.580. The summed E-state index contributed by atoms with van der Waals surface area (Å²) in [6.45, 7) is 3.15. The fourth-order valence-electron chi connectivity index (χ4n) is 4.40. The van der Waals surface area contributed by atoms with E-state index in [0.29, 0.717) is 36.6 Å². The van der Waals surface area contributed by atoms with E-state index in [2.05, 4.69) is 20.8 Å². The van der Waals surface area contributed by atoms with E-state index >= 15 is 0 Å². The highest BCUT2D eigenvalue weighted by molar-refractivity contribution is 5.95. The largest absolute Gasteiger partial charge is 0.335 e. The number of halogens is 1. The van der Waals surface area contributed by atoms with Crippen LogP contribution in [-0.4, -0.2) is 59.3 Å². The van der Waals surface area contributed by atoms with Crippen molar-refractivity contribution in [2.45, 2.75) is 24.9 Å². The first-order valence-corrected chi connectivity index (χ1v) is 10.6. The molecule has 3 N–H and O–H groups in total. The number of likely N-dealkylation sites (tertiary alicyclic amines) is 1. The Morgan fingerprint density at radius 2 is 1.97 bits per heavy atom. The van der Waals surface area contributed by atoms with E-state index in [1.54, 1.807) is 29.2 Å². The smallest absolute Gasteiger partial charge is 0.272 e. The van der Waals surface area contributed by atoms with Crippen LogP contribution in [-0.2, 0) is 6.42 Å². The summed E-state index contributed by atoms with van der Waals surface area (Å²) in [7, 11) is 0. The average molecular weight is 421 g/mol. The molecule has 0 radical (unpaired) electrons. The zero-order chi connectivity index (χ0) is 21.4. The van der Waals surface area contributed by atoms with E-state index in [1.807, 2.05) is 12.1 Å².